The smallest absolute Gasteiger partial charge is 0.0223 e. The topological polar surface area (TPSA) is 0 Å². The molecule has 58 valence electrons. The van der Waals surface area contributed by atoms with Gasteiger partial charge in [-0.2, -0.15) is 6.42 Å². The Hall–Kier alpha value is 0.913. The Morgan fingerprint density at radius 2 is 1.40 bits per heavy atom. The van der Waals surface area contributed by atoms with Gasteiger partial charge in [-0.1, -0.05) is 25.7 Å². The van der Waals surface area contributed by atoms with E-state index in [1.54, 1.807) is 0 Å². The SMILES string of the molecule is [CH2-]CCCCCCCCl.[Zn]. The van der Waals surface area contributed by atoms with Crippen molar-refractivity contribution in [3.05, 3.63) is 6.92 Å². The third-order valence-corrected chi connectivity index (χ3v) is 1.65. The van der Waals surface area contributed by atoms with E-state index in [0.717, 1.165) is 12.3 Å². The Kier molecular flexibility index (Phi) is 17.0. The van der Waals surface area contributed by atoms with Gasteiger partial charge in [0.15, 0.2) is 0 Å². The molecule has 0 aromatic rings. The standard InChI is InChI=1S/C8H16Cl.Zn/c1-2-3-4-5-6-7-8-9;/h1-8H2;/q-1;. The molecule has 0 heterocycles. The molecule has 0 aliphatic carbocycles. The zero-order chi connectivity index (χ0) is 6.95. The van der Waals surface area contributed by atoms with Crippen LogP contribution in [0.4, 0.5) is 0 Å². The van der Waals surface area contributed by atoms with Gasteiger partial charge in [0.1, 0.15) is 0 Å². The summed E-state index contributed by atoms with van der Waals surface area (Å²) in [6.07, 6.45) is 7.51. The molecule has 0 bridgehead atoms. The number of rotatable bonds is 6. The average molecular weight is 213 g/mol. The van der Waals surface area contributed by atoms with Crippen molar-refractivity contribution in [2.75, 3.05) is 5.88 Å². The molecule has 0 aliphatic rings. The van der Waals surface area contributed by atoms with E-state index in [1.807, 2.05) is 0 Å². The summed E-state index contributed by atoms with van der Waals surface area (Å²) in [5, 5.41) is 0. The average Bonchev–Trinajstić information content (AvgIpc) is 1.89. The molecule has 0 amide bonds. The van der Waals surface area contributed by atoms with Gasteiger partial charge in [-0.15, -0.1) is 11.6 Å². The molecule has 0 rings (SSSR count). The Labute approximate surface area is 82.5 Å². The first kappa shape index (κ1) is 13.5. The molecule has 10 heavy (non-hydrogen) atoms. The summed E-state index contributed by atoms with van der Waals surface area (Å²) < 4.78 is 0. The van der Waals surface area contributed by atoms with Crippen LogP contribution in [0.1, 0.15) is 38.5 Å². The summed E-state index contributed by atoms with van der Waals surface area (Å²) in [6, 6.07) is 0. The van der Waals surface area contributed by atoms with Crippen molar-refractivity contribution >= 4 is 11.6 Å². The first-order chi connectivity index (χ1) is 4.41. The van der Waals surface area contributed by atoms with Crippen molar-refractivity contribution in [2.45, 2.75) is 38.5 Å². The van der Waals surface area contributed by atoms with Gasteiger partial charge in [0.2, 0.25) is 0 Å². The molecule has 0 aliphatic heterocycles. The maximum absolute atomic E-state index is 5.50. The van der Waals surface area contributed by atoms with E-state index >= 15 is 0 Å². The van der Waals surface area contributed by atoms with Crippen LogP contribution in [0.15, 0.2) is 0 Å². The van der Waals surface area contributed by atoms with Gasteiger partial charge in [-0.05, 0) is 6.42 Å². The second-order valence-electron chi connectivity index (χ2n) is 2.31. The zero-order valence-electron chi connectivity index (χ0n) is 6.74. The fourth-order valence-corrected chi connectivity index (χ4v) is 0.991. The van der Waals surface area contributed by atoms with Gasteiger partial charge in [0.05, 0.1) is 0 Å². The predicted molar refractivity (Wildman–Crippen MR) is 43.8 cm³/mol. The molecule has 0 atom stereocenters. The van der Waals surface area contributed by atoms with Gasteiger partial charge in [-0.25, -0.2) is 0 Å². The van der Waals surface area contributed by atoms with E-state index in [4.69, 9.17) is 11.6 Å². The van der Waals surface area contributed by atoms with Gasteiger partial charge in [0.25, 0.3) is 0 Å². The van der Waals surface area contributed by atoms with E-state index in [1.165, 1.54) is 32.1 Å². The van der Waals surface area contributed by atoms with Crippen LogP contribution in [0.25, 0.3) is 0 Å². The molecule has 0 nitrogen and oxygen atoms in total. The monoisotopic (exact) mass is 211 g/mol. The summed E-state index contributed by atoms with van der Waals surface area (Å²) in [5.41, 5.74) is 0. The van der Waals surface area contributed by atoms with Crippen LogP contribution in [-0.2, 0) is 19.5 Å². The molecule has 2 heteroatoms. The molecule has 0 spiro atoms. The van der Waals surface area contributed by atoms with Gasteiger partial charge < -0.3 is 6.92 Å². The molecule has 0 aromatic carbocycles. The second-order valence-corrected chi connectivity index (χ2v) is 2.69. The number of alkyl halides is 1. The number of hydrogen-bond donors (Lipinski definition) is 0. The normalized spacial score (nSPS) is 9.00. The molecule has 0 saturated heterocycles. The molecule has 0 radical (unpaired) electrons. The number of unbranched alkanes of at least 4 members (excludes halogenated alkanes) is 5. The minimum atomic E-state index is 0. The molecular formula is C8H16ClZn-. The van der Waals surface area contributed by atoms with Crippen molar-refractivity contribution in [2.24, 2.45) is 0 Å². The molecule has 0 aromatic heterocycles. The first-order valence-electron chi connectivity index (χ1n) is 3.77. The zero-order valence-corrected chi connectivity index (χ0v) is 10.5. The van der Waals surface area contributed by atoms with E-state index in [0.29, 0.717) is 0 Å². The minimum absolute atomic E-state index is 0. The van der Waals surface area contributed by atoms with E-state index in [2.05, 4.69) is 6.92 Å². The minimum Gasteiger partial charge on any atom is -0.343 e. The number of hydrogen-bond acceptors (Lipinski definition) is 0. The van der Waals surface area contributed by atoms with Crippen LogP contribution in [0.5, 0.6) is 0 Å². The fraction of sp³-hybridized carbons (Fsp3) is 0.875. The third kappa shape index (κ3) is 11.7. The second kappa shape index (κ2) is 12.6. The van der Waals surface area contributed by atoms with Crippen LogP contribution in [0.3, 0.4) is 0 Å². The van der Waals surface area contributed by atoms with E-state index in [9.17, 15) is 0 Å². The van der Waals surface area contributed by atoms with Crippen LogP contribution in [0.2, 0.25) is 0 Å². The fourth-order valence-electron chi connectivity index (χ4n) is 0.802. The molecule has 0 unspecified atom stereocenters. The maximum atomic E-state index is 5.50. The maximum Gasteiger partial charge on any atom is 0.0223 e. The van der Waals surface area contributed by atoms with Crippen molar-refractivity contribution in [3.63, 3.8) is 0 Å². The molecule has 0 saturated carbocycles. The van der Waals surface area contributed by atoms with Crippen LogP contribution in [-0.4, -0.2) is 5.88 Å². The quantitative estimate of drug-likeness (QED) is 0.274. The van der Waals surface area contributed by atoms with Gasteiger partial charge >= 0.3 is 0 Å². The van der Waals surface area contributed by atoms with Crippen molar-refractivity contribution in [1.29, 1.82) is 0 Å². The van der Waals surface area contributed by atoms with Crippen LogP contribution in [0, 0.1) is 6.92 Å². The summed E-state index contributed by atoms with van der Waals surface area (Å²) in [5.74, 6) is 0.824. The van der Waals surface area contributed by atoms with Gasteiger partial charge in [0, 0.05) is 25.4 Å². The summed E-state index contributed by atoms with van der Waals surface area (Å²) in [7, 11) is 0. The largest absolute Gasteiger partial charge is 0.343 e. The summed E-state index contributed by atoms with van der Waals surface area (Å²) >= 11 is 5.50. The number of halogens is 1. The van der Waals surface area contributed by atoms with Crippen LogP contribution < -0.4 is 0 Å². The third-order valence-electron chi connectivity index (χ3n) is 1.38. The summed E-state index contributed by atoms with van der Waals surface area (Å²) in [6.45, 7) is 3.78. The van der Waals surface area contributed by atoms with Crippen LogP contribution >= 0.6 is 11.6 Å². The Balaban J connectivity index is 0. The van der Waals surface area contributed by atoms with E-state index in [-0.39, 0.29) is 19.5 Å². The van der Waals surface area contributed by atoms with Crippen molar-refractivity contribution in [1.82, 2.24) is 0 Å². The van der Waals surface area contributed by atoms with E-state index < -0.39 is 0 Å². The molecular weight excluding hydrogens is 197 g/mol. The Morgan fingerprint density at radius 1 is 0.900 bits per heavy atom. The molecule has 0 N–H and O–H groups in total. The van der Waals surface area contributed by atoms with Gasteiger partial charge in [-0.3, -0.25) is 0 Å². The summed E-state index contributed by atoms with van der Waals surface area (Å²) in [4.78, 5) is 0. The van der Waals surface area contributed by atoms with Crippen molar-refractivity contribution in [3.8, 4) is 0 Å². The Bertz CT molecular complexity index is 42.5. The molecule has 0 fully saturated rings. The van der Waals surface area contributed by atoms with Crippen molar-refractivity contribution < 1.29 is 19.5 Å². The Morgan fingerprint density at radius 3 is 1.90 bits per heavy atom. The first-order valence-corrected chi connectivity index (χ1v) is 4.30. The predicted octanol–water partition coefficient (Wildman–Crippen LogP) is 3.40.